The van der Waals surface area contributed by atoms with Gasteiger partial charge in [0, 0.05) is 12.8 Å². The zero-order chi connectivity index (χ0) is 56.4. The maximum absolute atomic E-state index is 12.5. The summed E-state index contributed by atoms with van der Waals surface area (Å²) in [6.07, 6.45) is 85.6. The highest BCUT2D eigenvalue weighted by Crippen LogP contribution is 2.19. The number of amides is 1. The van der Waals surface area contributed by atoms with Gasteiger partial charge in [0.1, 0.15) is 0 Å². The van der Waals surface area contributed by atoms with Crippen LogP contribution in [0.4, 0.5) is 0 Å². The van der Waals surface area contributed by atoms with Crippen molar-refractivity contribution >= 4 is 11.9 Å². The van der Waals surface area contributed by atoms with E-state index < -0.39 is 12.1 Å². The zero-order valence-corrected chi connectivity index (χ0v) is 52.9. The summed E-state index contributed by atoms with van der Waals surface area (Å²) >= 11 is 0. The molecule has 78 heavy (non-hydrogen) atoms. The van der Waals surface area contributed by atoms with Gasteiger partial charge in [-0.05, 0) is 51.4 Å². The van der Waals surface area contributed by atoms with Crippen LogP contribution in [0.15, 0.2) is 24.3 Å². The molecule has 0 aliphatic rings. The van der Waals surface area contributed by atoms with Gasteiger partial charge in [0.05, 0.1) is 25.4 Å². The van der Waals surface area contributed by atoms with Gasteiger partial charge in [-0.3, -0.25) is 9.59 Å². The lowest BCUT2D eigenvalue weighted by atomic mass is 10.0. The van der Waals surface area contributed by atoms with Crippen molar-refractivity contribution in [2.45, 2.75) is 411 Å². The van der Waals surface area contributed by atoms with E-state index in [1.54, 1.807) is 6.08 Å². The number of hydrogen-bond donors (Lipinski definition) is 3. The fourth-order valence-corrected chi connectivity index (χ4v) is 11.3. The van der Waals surface area contributed by atoms with Gasteiger partial charge < -0.3 is 20.3 Å². The highest BCUT2D eigenvalue weighted by atomic mass is 16.5. The summed E-state index contributed by atoms with van der Waals surface area (Å²) in [5, 5.41) is 23.2. The third-order valence-corrected chi connectivity index (χ3v) is 16.7. The molecule has 2 unspecified atom stereocenters. The molecular formula is C72H139NO5. The highest BCUT2D eigenvalue weighted by Gasteiger charge is 2.18. The van der Waals surface area contributed by atoms with Crippen LogP contribution in [0.5, 0.6) is 0 Å². The fraction of sp³-hybridized carbons (Fsp3) is 0.917. The molecule has 2 atom stereocenters. The van der Waals surface area contributed by atoms with Gasteiger partial charge in [0.25, 0.3) is 0 Å². The zero-order valence-electron chi connectivity index (χ0n) is 52.9. The molecule has 0 aromatic carbocycles. The molecule has 3 N–H and O–H groups in total. The lowest BCUT2D eigenvalue weighted by molar-refractivity contribution is -0.143. The average Bonchev–Trinajstić information content (AvgIpc) is 3.44. The van der Waals surface area contributed by atoms with Crippen LogP contribution in [0.25, 0.3) is 0 Å². The lowest BCUT2D eigenvalue weighted by Crippen LogP contribution is -2.45. The number of carbonyl (C=O) groups excluding carboxylic acids is 2. The normalized spacial score (nSPS) is 12.6. The molecule has 0 aromatic heterocycles. The number of allylic oxidation sites excluding steroid dienone is 3. The standard InChI is InChI=1S/C72H139NO5/c1-3-5-7-9-11-13-15-16-17-35-38-41-45-48-52-56-60-64-70(75)69(68-74)73-71(76)65-61-57-53-49-46-42-39-36-33-31-29-27-25-23-21-19-18-20-22-24-26-28-30-32-34-37-40-43-47-51-55-59-63-67-78-72(77)66-62-58-54-50-44-14-12-10-8-6-4-2/h10,12,60,64,69-70,74-75H,3-9,11,13-59,61-63,65-68H2,1-2H3,(H,73,76)/b12-10-,64-60+. The van der Waals surface area contributed by atoms with Crippen LogP contribution in [0.3, 0.4) is 0 Å². The molecule has 0 spiro atoms. The number of rotatable bonds is 67. The number of aliphatic hydroxyl groups excluding tert-OH is 2. The number of hydrogen-bond acceptors (Lipinski definition) is 5. The molecule has 0 aliphatic heterocycles. The molecule has 0 aromatic rings. The molecule has 6 nitrogen and oxygen atoms in total. The monoisotopic (exact) mass is 1100 g/mol. The van der Waals surface area contributed by atoms with E-state index in [4.69, 9.17) is 4.74 Å². The first-order chi connectivity index (χ1) is 38.5. The topological polar surface area (TPSA) is 95.9 Å². The van der Waals surface area contributed by atoms with E-state index in [0.717, 1.165) is 44.9 Å². The minimum atomic E-state index is -0.841. The predicted octanol–water partition coefficient (Wildman–Crippen LogP) is 22.9. The van der Waals surface area contributed by atoms with E-state index in [9.17, 15) is 19.8 Å². The number of ether oxygens (including phenoxy) is 1. The summed E-state index contributed by atoms with van der Waals surface area (Å²) in [6.45, 7) is 4.90. The Morgan fingerprint density at radius 2 is 0.615 bits per heavy atom. The smallest absolute Gasteiger partial charge is 0.305 e. The van der Waals surface area contributed by atoms with Crippen LogP contribution < -0.4 is 5.32 Å². The second-order valence-electron chi connectivity index (χ2n) is 24.6. The van der Waals surface area contributed by atoms with Gasteiger partial charge in [-0.25, -0.2) is 0 Å². The molecule has 6 heteroatoms. The molecule has 1 amide bonds. The van der Waals surface area contributed by atoms with Gasteiger partial charge in [-0.1, -0.05) is 359 Å². The minimum Gasteiger partial charge on any atom is -0.466 e. The fourth-order valence-electron chi connectivity index (χ4n) is 11.3. The Hall–Kier alpha value is -1.66. The maximum atomic E-state index is 12.5. The van der Waals surface area contributed by atoms with Crippen molar-refractivity contribution in [1.29, 1.82) is 0 Å². The summed E-state index contributed by atoms with van der Waals surface area (Å²) in [5.41, 5.74) is 0. The number of esters is 1. The average molecular weight is 1100 g/mol. The van der Waals surface area contributed by atoms with Crippen molar-refractivity contribution in [2.24, 2.45) is 0 Å². The number of unbranched alkanes of at least 4 members (excludes halogenated alkanes) is 54. The Morgan fingerprint density at radius 1 is 0.346 bits per heavy atom. The van der Waals surface area contributed by atoms with Crippen molar-refractivity contribution in [3.63, 3.8) is 0 Å². The van der Waals surface area contributed by atoms with Gasteiger partial charge >= 0.3 is 5.97 Å². The van der Waals surface area contributed by atoms with Crippen LogP contribution in [-0.2, 0) is 14.3 Å². The minimum absolute atomic E-state index is 0.0108. The van der Waals surface area contributed by atoms with Crippen molar-refractivity contribution in [3.8, 4) is 0 Å². The quantitative estimate of drug-likeness (QED) is 0.0320. The first kappa shape index (κ1) is 76.3. The Balaban J connectivity index is 3.34. The van der Waals surface area contributed by atoms with Crippen LogP contribution >= 0.6 is 0 Å². The van der Waals surface area contributed by atoms with Crippen molar-refractivity contribution in [3.05, 3.63) is 24.3 Å². The van der Waals surface area contributed by atoms with E-state index in [1.165, 1.54) is 327 Å². The van der Waals surface area contributed by atoms with Crippen LogP contribution in [0.2, 0.25) is 0 Å². The molecule has 462 valence electrons. The summed E-state index contributed by atoms with van der Waals surface area (Å²) < 4.78 is 5.47. The van der Waals surface area contributed by atoms with E-state index in [2.05, 4.69) is 31.3 Å². The molecule has 0 heterocycles. The van der Waals surface area contributed by atoms with E-state index in [1.807, 2.05) is 6.08 Å². The van der Waals surface area contributed by atoms with E-state index >= 15 is 0 Å². The Bertz CT molecular complexity index is 1220. The SMILES string of the molecule is CCCC/C=C\CCCCCCCC(=O)OCCCCCCCCCCCCCCCCCCCCCCCCCCCCCCCCCCCC(=O)NC(CO)C(O)/C=C/CCCCCCCCCCCCCCCCC. The first-order valence-electron chi connectivity index (χ1n) is 35.6. The number of carbonyl (C=O) groups is 2. The van der Waals surface area contributed by atoms with Crippen LogP contribution in [0.1, 0.15) is 399 Å². The molecule has 0 radical (unpaired) electrons. The summed E-state index contributed by atoms with van der Waals surface area (Å²) in [5.74, 6) is -0.0491. The molecule has 0 fully saturated rings. The van der Waals surface area contributed by atoms with Gasteiger partial charge in [0.2, 0.25) is 5.91 Å². The van der Waals surface area contributed by atoms with Gasteiger partial charge in [-0.15, -0.1) is 0 Å². The largest absolute Gasteiger partial charge is 0.466 e. The number of nitrogens with one attached hydrogen (secondary N) is 1. The molecule has 0 bridgehead atoms. The second kappa shape index (κ2) is 67.8. The summed E-state index contributed by atoms with van der Waals surface area (Å²) in [4.78, 5) is 24.5. The Kier molecular flexibility index (Phi) is 66.4. The van der Waals surface area contributed by atoms with Crippen molar-refractivity contribution in [1.82, 2.24) is 5.32 Å². The maximum Gasteiger partial charge on any atom is 0.305 e. The van der Waals surface area contributed by atoms with Gasteiger partial charge in [-0.2, -0.15) is 0 Å². The van der Waals surface area contributed by atoms with Gasteiger partial charge in [0.15, 0.2) is 0 Å². The Morgan fingerprint density at radius 3 is 0.949 bits per heavy atom. The molecule has 0 aliphatic carbocycles. The van der Waals surface area contributed by atoms with Crippen LogP contribution in [-0.4, -0.2) is 47.4 Å². The molecular weight excluding hydrogens is 959 g/mol. The highest BCUT2D eigenvalue weighted by molar-refractivity contribution is 5.76. The van der Waals surface area contributed by atoms with E-state index in [0.29, 0.717) is 19.4 Å². The number of aliphatic hydroxyl groups is 2. The van der Waals surface area contributed by atoms with Crippen LogP contribution in [0, 0.1) is 0 Å². The third kappa shape index (κ3) is 63.5. The first-order valence-corrected chi connectivity index (χ1v) is 35.6. The summed E-state index contributed by atoms with van der Waals surface area (Å²) in [6, 6.07) is -0.624. The molecule has 0 saturated heterocycles. The van der Waals surface area contributed by atoms with Crippen molar-refractivity contribution in [2.75, 3.05) is 13.2 Å². The third-order valence-electron chi connectivity index (χ3n) is 16.7. The molecule has 0 rings (SSSR count). The second-order valence-corrected chi connectivity index (χ2v) is 24.6. The van der Waals surface area contributed by atoms with E-state index in [-0.39, 0.29) is 18.5 Å². The Labute approximate surface area is 488 Å². The van der Waals surface area contributed by atoms with Crippen molar-refractivity contribution < 1.29 is 24.5 Å². The lowest BCUT2D eigenvalue weighted by Gasteiger charge is -2.20. The predicted molar refractivity (Wildman–Crippen MR) is 343 cm³/mol. The summed E-state index contributed by atoms with van der Waals surface area (Å²) in [7, 11) is 0. The molecule has 0 saturated carbocycles.